The molecule has 0 fully saturated rings. The normalized spacial score (nSPS) is 11.7. The SMILES string of the molecule is COc1ccccc1CC(C)N(C)C(=O)Nc1ccc(C)nc1. The van der Waals surface area contributed by atoms with Crippen molar-refractivity contribution < 1.29 is 9.53 Å². The molecule has 1 N–H and O–H groups in total. The summed E-state index contributed by atoms with van der Waals surface area (Å²) in [5, 5.41) is 2.86. The highest BCUT2D eigenvalue weighted by Crippen LogP contribution is 2.20. The van der Waals surface area contributed by atoms with Crippen molar-refractivity contribution in [2.75, 3.05) is 19.5 Å². The summed E-state index contributed by atoms with van der Waals surface area (Å²) >= 11 is 0. The van der Waals surface area contributed by atoms with Crippen molar-refractivity contribution in [1.29, 1.82) is 0 Å². The lowest BCUT2D eigenvalue weighted by Gasteiger charge is -2.26. The second-order valence-electron chi connectivity index (χ2n) is 5.59. The van der Waals surface area contributed by atoms with E-state index in [1.54, 1.807) is 25.3 Å². The van der Waals surface area contributed by atoms with Gasteiger partial charge in [-0.1, -0.05) is 18.2 Å². The number of para-hydroxylation sites is 1. The average Bonchev–Trinajstić information content (AvgIpc) is 2.56. The average molecular weight is 313 g/mol. The zero-order valence-electron chi connectivity index (χ0n) is 14.0. The van der Waals surface area contributed by atoms with Crippen LogP contribution in [0.1, 0.15) is 18.2 Å². The lowest BCUT2D eigenvalue weighted by atomic mass is 10.1. The molecule has 2 aromatic rings. The Kier molecular flexibility index (Phi) is 5.57. The number of likely N-dealkylation sites (N-methyl/N-ethyl adjacent to an activating group) is 1. The molecule has 1 heterocycles. The molecule has 5 nitrogen and oxygen atoms in total. The molecule has 1 atom stereocenters. The number of methoxy groups -OCH3 is 1. The van der Waals surface area contributed by atoms with E-state index in [4.69, 9.17) is 4.74 Å². The van der Waals surface area contributed by atoms with E-state index in [2.05, 4.69) is 10.3 Å². The molecular formula is C18H23N3O2. The number of nitrogens with one attached hydrogen (secondary N) is 1. The van der Waals surface area contributed by atoms with Gasteiger partial charge in [-0.3, -0.25) is 4.98 Å². The van der Waals surface area contributed by atoms with Crippen LogP contribution in [0.5, 0.6) is 5.75 Å². The molecule has 0 aliphatic heterocycles. The molecule has 1 aromatic heterocycles. The number of benzene rings is 1. The Morgan fingerprint density at radius 2 is 2.04 bits per heavy atom. The molecule has 2 amide bonds. The van der Waals surface area contributed by atoms with E-state index in [1.165, 1.54) is 0 Å². The summed E-state index contributed by atoms with van der Waals surface area (Å²) in [7, 11) is 3.45. The predicted molar refractivity (Wildman–Crippen MR) is 91.9 cm³/mol. The fourth-order valence-electron chi connectivity index (χ4n) is 2.28. The molecule has 2 rings (SSSR count). The number of nitrogens with zero attached hydrogens (tertiary/aromatic N) is 2. The van der Waals surface area contributed by atoms with Crippen molar-refractivity contribution in [3.8, 4) is 5.75 Å². The molecule has 5 heteroatoms. The summed E-state index contributed by atoms with van der Waals surface area (Å²) in [6.45, 7) is 3.92. The fraction of sp³-hybridized carbons (Fsp3) is 0.333. The number of aryl methyl sites for hydroxylation is 1. The van der Waals surface area contributed by atoms with Crippen LogP contribution in [0.4, 0.5) is 10.5 Å². The van der Waals surface area contributed by atoms with E-state index < -0.39 is 0 Å². The Bertz CT molecular complexity index is 656. The van der Waals surface area contributed by atoms with Gasteiger partial charge in [-0.25, -0.2) is 4.79 Å². The largest absolute Gasteiger partial charge is 0.496 e. The Morgan fingerprint density at radius 3 is 2.70 bits per heavy atom. The fourth-order valence-corrected chi connectivity index (χ4v) is 2.28. The third kappa shape index (κ3) is 4.45. The van der Waals surface area contributed by atoms with Crippen LogP contribution in [0.2, 0.25) is 0 Å². The minimum atomic E-state index is -0.155. The van der Waals surface area contributed by atoms with Gasteiger partial charge in [0.15, 0.2) is 0 Å². The molecule has 0 spiro atoms. The summed E-state index contributed by atoms with van der Waals surface area (Å²) in [5.74, 6) is 0.843. The van der Waals surface area contributed by atoms with E-state index in [-0.39, 0.29) is 12.1 Å². The van der Waals surface area contributed by atoms with Crippen LogP contribution in [0, 0.1) is 6.92 Å². The highest BCUT2D eigenvalue weighted by Gasteiger charge is 2.17. The zero-order valence-corrected chi connectivity index (χ0v) is 14.0. The first-order valence-corrected chi connectivity index (χ1v) is 7.59. The Hall–Kier alpha value is -2.56. The summed E-state index contributed by atoms with van der Waals surface area (Å²) in [6, 6.07) is 11.5. The number of urea groups is 1. The third-order valence-corrected chi connectivity index (χ3v) is 3.85. The van der Waals surface area contributed by atoms with Gasteiger partial charge in [0.1, 0.15) is 5.75 Å². The highest BCUT2D eigenvalue weighted by atomic mass is 16.5. The van der Waals surface area contributed by atoms with E-state index in [9.17, 15) is 4.79 Å². The van der Waals surface area contributed by atoms with Crippen LogP contribution in [0.3, 0.4) is 0 Å². The highest BCUT2D eigenvalue weighted by molar-refractivity contribution is 5.89. The minimum absolute atomic E-state index is 0.0321. The molecule has 0 aliphatic rings. The van der Waals surface area contributed by atoms with Crippen LogP contribution >= 0.6 is 0 Å². The maximum absolute atomic E-state index is 12.3. The first kappa shape index (κ1) is 16.8. The number of ether oxygens (including phenoxy) is 1. The number of anilines is 1. The topological polar surface area (TPSA) is 54.5 Å². The van der Waals surface area contributed by atoms with Crippen molar-refractivity contribution in [1.82, 2.24) is 9.88 Å². The molecule has 0 saturated heterocycles. The molecule has 0 bridgehead atoms. The second-order valence-corrected chi connectivity index (χ2v) is 5.59. The van der Waals surface area contributed by atoms with Crippen LogP contribution in [0.15, 0.2) is 42.6 Å². The summed E-state index contributed by atoms with van der Waals surface area (Å²) in [5.41, 5.74) is 2.69. The Balaban J connectivity index is 1.99. The van der Waals surface area contributed by atoms with Crippen LogP contribution in [-0.2, 0) is 6.42 Å². The number of aromatic nitrogens is 1. The van der Waals surface area contributed by atoms with Crippen molar-refractivity contribution >= 4 is 11.7 Å². The minimum Gasteiger partial charge on any atom is -0.496 e. The van der Waals surface area contributed by atoms with Gasteiger partial charge in [0, 0.05) is 18.8 Å². The smallest absolute Gasteiger partial charge is 0.321 e. The van der Waals surface area contributed by atoms with Gasteiger partial charge in [-0.2, -0.15) is 0 Å². The number of rotatable bonds is 5. The molecule has 0 aliphatic carbocycles. The van der Waals surface area contributed by atoms with Gasteiger partial charge >= 0.3 is 6.03 Å². The van der Waals surface area contributed by atoms with Crippen molar-refractivity contribution in [2.45, 2.75) is 26.3 Å². The summed E-state index contributed by atoms with van der Waals surface area (Å²) in [4.78, 5) is 18.2. The lowest BCUT2D eigenvalue weighted by Crippen LogP contribution is -2.39. The monoisotopic (exact) mass is 313 g/mol. The number of amides is 2. The number of carbonyl (C=O) groups is 1. The van der Waals surface area contributed by atoms with E-state index in [0.717, 1.165) is 23.4 Å². The molecule has 0 radical (unpaired) electrons. The summed E-state index contributed by atoms with van der Waals surface area (Å²) in [6.07, 6.45) is 2.38. The van der Waals surface area contributed by atoms with Gasteiger partial charge in [0.25, 0.3) is 0 Å². The van der Waals surface area contributed by atoms with E-state index in [1.807, 2.05) is 50.2 Å². The van der Waals surface area contributed by atoms with Crippen molar-refractivity contribution in [3.63, 3.8) is 0 Å². The molecule has 1 unspecified atom stereocenters. The molecule has 1 aromatic carbocycles. The van der Waals surface area contributed by atoms with Crippen LogP contribution < -0.4 is 10.1 Å². The van der Waals surface area contributed by atoms with Gasteiger partial charge in [-0.05, 0) is 44.0 Å². The molecule has 122 valence electrons. The standard InChI is InChI=1S/C18H23N3O2/c1-13-9-10-16(12-19-13)20-18(22)21(3)14(2)11-15-7-5-6-8-17(15)23-4/h5-10,12,14H,11H2,1-4H3,(H,20,22). The first-order valence-electron chi connectivity index (χ1n) is 7.59. The number of pyridine rings is 1. The van der Waals surface area contributed by atoms with Gasteiger partial charge in [0.2, 0.25) is 0 Å². The quantitative estimate of drug-likeness (QED) is 0.919. The summed E-state index contributed by atoms with van der Waals surface area (Å²) < 4.78 is 5.37. The number of hydrogen-bond acceptors (Lipinski definition) is 3. The van der Waals surface area contributed by atoms with Crippen molar-refractivity contribution in [2.24, 2.45) is 0 Å². The molecule has 0 saturated carbocycles. The second kappa shape index (κ2) is 7.63. The lowest BCUT2D eigenvalue weighted by molar-refractivity contribution is 0.207. The van der Waals surface area contributed by atoms with Crippen LogP contribution in [-0.4, -0.2) is 36.1 Å². The van der Waals surface area contributed by atoms with E-state index >= 15 is 0 Å². The maximum Gasteiger partial charge on any atom is 0.321 e. The Morgan fingerprint density at radius 1 is 1.30 bits per heavy atom. The number of carbonyl (C=O) groups excluding carboxylic acids is 1. The third-order valence-electron chi connectivity index (χ3n) is 3.85. The van der Waals surface area contributed by atoms with Crippen molar-refractivity contribution in [3.05, 3.63) is 53.9 Å². The predicted octanol–water partition coefficient (Wildman–Crippen LogP) is 3.49. The maximum atomic E-state index is 12.3. The molecular weight excluding hydrogens is 290 g/mol. The van der Waals surface area contributed by atoms with Gasteiger partial charge in [0.05, 0.1) is 19.0 Å². The van der Waals surface area contributed by atoms with Gasteiger partial charge < -0.3 is 15.0 Å². The molecule has 23 heavy (non-hydrogen) atoms. The number of hydrogen-bond donors (Lipinski definition) is 1. The zero-order chi connectivity index (χ0) is 16.8. The van der Waals surface area contributed by atoms with Gasteiger partial charge in [-0.15, -0.1) is 0 Å². The van der Waals surface area contributed by atoms with Crippen LogP contribution in [0.25, 0.3) is 0 Å². The first-order chi connectivity index (χ1) is 11.0. The van der Waals surface area contributed by atoms with E-state index in [0.29, 0.717) is 5.69 Å². The Labute approximate surface area is 137 Å².